The van der Waals surface area contributed by atoms with Gasteiger partial charge in [0.2, 0.25) is 0 Å². The van der Waals surface area contributed by atoms with Crippen LogP contribution in [0.1, 0.15) is 51.4 Å². The van der Waals surface area contributed by atoms with Gasteiger partial charge in [-0.3, -0.25) is 0 Å². The van der Waals surface area contributed by atoms with Crippen LogP contribution in [0.5, 0.6) is 0 Å². The predicted molar refractivity (Wildman–Crippen MR) is 58.9 cm³/mol. The molecule has 0 amide bonds. The smallest absolute Gasteiger partial charge is 0.343 e. The summed E-state index contributed by atoms with van der Waals surface area (Å²) in [5.74, 6) is 0. The summed E-state index contributed by atoms with van der Waals surface area (Å²) >= 11 is 0. The third-order valence-electron chi connectivity index (χ3n) is 1.58. The van der Waals surface area contributed by atoms with E-state index in [1.54, 1.807) is 0 Å². The Kier molecular flexibility index (Phi) is 31.4. The van der Waals surface area contributed by atoms with Gasteiger partial charge in [0.1, 0.15) is 0 Å². The number of hydrogen-bond acceptors (Lipinski definition) is 2. The molecule has 0 aliphatic rings. The monoisotopic (exact) mass is 256 g/mol. The molecule has 0 aliphatic heterocycles. The third kappa shape index (κ3) is 31.7. The molecule has 0 spiro atoms. The number of rotatable bonds is 6. The van der Waals surface area contributed by atoms with E-state index < -0.39 is 0 Å². The van der Waals surface area contributed by atoms with Gasteiger partial charge in [0.25, 0.3) is 0 Å². The van der Waals surface area contributed by atoms with Crippen LogP contribution < -0.4 is 0 Å². The summed E-state index contributed by atoms with van der Waals surface area (Å²) in [6, 6.07) is 4.15. The van der Waals surface area contributed by atoms with E-state index >= 15 is 0 Å². The fourth-order valence-corrected chi connectivity index (χ4v) is 0.762. The van der Waals surface area contributed by atoms with Gasteiger partial charge in [-0.1, -0.05) is 12.8 Å². The van der Waals surface area contributed by atoms with Crippen LogP contribution in [0.15, 0.2) is 0 Å². The van der Waals surface area contributed by atoms with E-state index in [-0.39, 0.29) is 19.5 Å². The number of unbranched alkanes of at least 4 members (excludes halogenated alkanes) is 6. The average Bonchev–Trinajstić information content (AvgIpc) is 2.21. The maximum atomic E-state index is 8.02. The Hall–Kier alpha value is -0.397. The largest absolute Gasteiger partial charge is 2.00 e. The van der Waals surface area contributed by atoms with Gasteiger partial charge in [0, 0.05) is 12.8 Å². The Morgan fingerprint density at radius 3 is 1.27 bits per heavy atom. The summed E-state index contributed by atoms with van der Waals surface area (Å²) in [4.78, 5) is 0. The van der Waals surface area contributed by atoms with Crippen LogP contribution in [0, 0.1) is 36.5 Å². The minimum Gasteiger partial charge on any atom is -0.343 e. The molecule has 15 heavy (non-hydrogen) atoms. The summed E-state index contributed by atoms with van der Waals surface area (Å²) < 4.78 is 0. The van der Waals surface area contributed by atoms with Gasteiger partial charge in [0.05, 0.1) is 12.1 Å². The van der Waals surface area contributed by atoms with Crippen LogP contribution in [0.2, 0.25) is 0 Å². The summed E-state index contributed by atoms with van der Waals surface area (Å²) in [7, 11) is 0. The van der Waals surface area contributed by atoms with Crippen molar-refractivity contribution in [3.05, 3.63) is 13.8 Å². The normalized spacial score (nSPS) is 7.47. The minimum absolute atomic E-state index is 0. The van der Waals surface area contributed by atoms with Crippen molar-refractivity contribution in [3.8, 4) is 12.1 Å². The van der Waals surface area contributed by atoms with Crippen molar-refractivity contribution in [2.45, 2.75) is 51.4 Å². The maximum absolute atomic E-state index is 8.02. The first-order valence-electron chi connectivity index (χ1n) is 5.15. The molecule has 0 radical (unpaired) electrons. The molecule has 0 aromatic carbocycles. The Morgan fingerprint density at radius 2 is 1.07 bits per heavy atom. The number of nitriles is 2. The summed E-state index contributed by atoms with van der Waals surface area (Å²) in [5, 5.41) is 16.0. The van der Waals surface area contributed by atoms with Crippen molar-refractivity contribution < 1.29 is 19.5 Å². The minimum atomic E-state index is 0. The number of hydrogen-bond donors (Lipinski definition) is 0. The van der Waals surface area contributed by atoms with E-state index in [0.717, 1.165) is 38.5 Å². The maximum Gasteiger partial charge on any atom is 2.00 e. The molecular formula is C12H20N2Zn. The van der Waals surface area contributed by atoms with Crippen LogP contribution >= 0.6 is 0 Å². The molecule has 0 N–H and O–H groups in total. The van der Waals surface area contributed by atoms with E-state index in [9.17, 15) is 0 Å². The van der Waals surface area contributed by atoms with Crippen LogP contribution in [0.4, 0.5) is 0 Å². The van der Waals surface area contributed by atoms with E-state index in [1.165, 1.54) is 0 Å². The molecular weight excluding hydrogens is 238 g/mol. The first-order chi connectivity index (χ1) is 6.83. The van der Waals surface area contributed by atoms with Crippen molar-refractivity contribution in [1.82, 2.24) is 0 Å². The Labute approximate surface area is 107 Å². The molecule has 0 saturated carbocycles. The van der Waals surface area contributed by atoms with Gasteiger partial charge < -0.3 is 13.8 Å². The summed E-state index contributed by atoms with van der Waals surface area (Å²) in [6.45, 7) is 7.30. The molecule has 80 valence electrons. The van der Waals surface area contributed by atoms with E-state index in [2.05, 4.69) is 26.0 Å². The fourth-order valence-electron chi connectivity index (χ4n) is 0.762. The molecule has 0 rings (SSSR count). The third-order valence-corrected chi connectivity index (χ3v) is 1.58. The standard InChI is InChI=1S/2C6H10N.Zn/c2*1-2-3-4-5-6-7;/h2*1-5H2;/q2*-1;+2. The molecule has 0 fully saturated rings. The molecule has 0 unspecified atom stereocenters. The van der Waals surface area contributed by atoms with Gasteiger partial charge in [-0.25, -0.2) is 0 Å². The topological polar surface area (TPSA) is 47.6 Å². The first kappa shape index (κ1) is 20.1. The number of nitrogens with zero attached hydrogens (tertiary/aromatic N) is 2. The van der Waals surface area contributed by atoms with E-state index in [0.29, 0.717) is 12.8 Å². The van der Waals surface area contributed by atoms with E-state index in [1.807, 2.05) is 0 Å². The van der Waals surface area contributed by atoms with Crippen LogP contribution in [-0.2, 0) is 19.5 Å². The Morgan fingerprint density at radius 1 is 0.733 bits per heavy atom. The molecule has 3 heteroatoms. The zero-order valence-corrected chi connectivity index (χ0v) is 12.6. The van der Waals surface area contributed by atoms with Crippen molar-refractivity contribution >= 4 is 0 Å². The molecule has 0 bridgehead atoms. The van der Waals surface area contributed by atoms with Gasteiger partial charge in [-0.2, -0.15) is 23.4 Å². The SMILES string of the molecule is [CH2-]CCCCC#N.[CH2-]CCCCC#N.[Zn+2]. The second-order valence-corrected chi connectivity index (χ2v) is 2.94. The molecule has 0 heterocycles. The molecule has 2 nitrogen and oxygen atoms in total. The molecule has 0 atom stereocenters. The van der Waals surface area contributed by atoms with Crippen molar-refractivity contribution in [2.24, 2.45) is 0 Å². The second kappa shape index (κ2) is 23.4. The van der Waals surface area contributed by atoms with Crippen molar-refractivity contribution in [2.75, 3.05) is 0 Å². The second-order valence-electron chi connectivity index (χ2n) is 2.94. The summed E-state index contributed by atoms with van der Waals surface area (Å²) in [5.41, 5.74) is 0. The van der Waals surface area contributed by atoms with Gasteiger partial charge in [-0.15, -0.1) is 0 Å². The van der Waals surface area contributed by atoms with E-state index in [4.69, 9.17) is 10.5 Å². The average molecular weight is 258 g/mol. The first-order valence-corrected chi connectivity index (χ1v) is 5.15. The van der Waals surface area contributed by atoms with Gasteiger partial charge >= 0.3 is 19.5 Å². The van der Waals surface area contributed by atoms with Gasteiger partial charge in [0.15, 0.2) is 0 Å². The molecule has 0 aromatic heterocycles. The fraction of sp³-hybridized carbons (Fsp3) is 0.667. The summed E-state index contributed by atoms with van der Waals surface area (Å²) in [6.07, 6.45) is 7.51. The molecule has 0 saturated heterocycles. The van der Waals surface area contributed by atoms with Crippen molar-refractivity contribution in [1.29, 1.82) is 10.5 Å². The molecule has 0 aliphatic carbocycles. The van der Waals surface area contributed by atoms with Crippen molar-refractivity contribution in [3.63, 3.8) is 0 Å². The zero-order chi connectivity index (χ0) is 11.1. The molecule has 0 aromatic rings. The quantitative estimate of drug-likeness (QED) is 0.413. The Bertz CT molecular complexity index is 147. The Balaban J connectivity index is -0.000000180. The predicted octanol–water partition coefficient (Wildman–Crippen LogP) is 3.81. The van der Waals surface area contributed by atoms with Crippen LogP contribution in [-0.4, -0.2) is 0 Å². The van der Waals surface area contributed by atoms with Crippen LogP contribution in [0.25, 0.3) is 0 Å². The van der Waals surface area contributed by atoms with Gasteiger partial charge in [-0.05, 0) is 12.8 Å². The zero-order valence-electron chi connectivity index (χ0n) is 9.67. The van der Waals surface area contributed by atoms with Crippen LogP contribution in [0.3, 0.4) is 0 Å².